The molecule has 1 aliphatic rings. The van der Waals surface area contributed by atoms with Gasteiger partial charge in [0.05, 0.1) is 12.8 Å². The first-order valence-electron chi connectivity index (χ1n) is 3.14. The van der Waals surface area contributed by atoms with Crippen LogP contribution in [0.1, 0.15) is 12.8 Å². The molecule has 1 heteroatoms. The quantitative estimate of drug-likeness (QED) is 0.423. The molecular weight excluding hydrogens is 98.1 g/mol. The van der Waals surface area contributed by atoms with Crippen LogP contribution in [0.3, 0.4) is 0 Å². The van der Waals surface area contributed by atoms with Gasteiger partial charge in [-0.3, -0.25) is 4.90 Å². The van der Waals surface area contributed by atoms with Crippen molar-refractivity contribution in [2.45, 2.75) is 12.8 Å². The van der Waals surface area contributed by atoms with Crippen LogP contribution in [-0.4, -0.2) is 25.0 Å². The third kappa shape index (κ3) is 1.41. The van der Waals surface area contributed by atoms with Gasteiger partial charge < -0.3 is 0 Å². The summed E-state index contributed by atoms with van der Waals surface area (Å²) in [5.74, 6) is 1.42. The van der Waals surface area contributed by atoms with E-state index in [2.05, 4.69) is 18.9 Å². The maximum atomic E-state index is 3.92. The molecule has 1 aliphatic heterocycles. The van der Waals surface area contributed by atoms with Gasteiger partial charge in [-0.1, -0.05) is 5.92 Å². The highest BCUT2D eigenvalue weighted by molar-refractivity contribution is 4.96. The maximum absolute atomic E-state index is 3.92. The highest BCUT2D eigenvalue weighted by atomic mass is 15.1. The lowest BCUT2D eigenvalue weighted by Gasteiger charge is -2.22. The molecular formula is C7H13N. The van der Waals surface area contributed by atoms with Crippen LogP contribution in [0.5, 0.6) is 0 Å². The lowest BCUT2D eigenvalue weighted by molar-refractivity contribution is 0.298. The van der Waals surface area contributed by atoms with Crippen molar-refractivity contribution in [1.82, 2.24) is 4.90 Å². The van der Waals surface area contributed by atoms with Gasteiger partial charge in [-0.05, 0) is 7.05 Å². The van der Waals surface area contributed by atoms with E-state index in [-0.39, 0.29) is 0 Å². The minimum absolute atomic E-state index is 1.20. The molecule has 0 N–H and O–H groups in total. The van der Waals surface area contributed by atoms with Crippen LogP contribution in [0.15, 0.2) is 0 Å². The molecule has 0 aromatic carbocycles. The maximum Gasteiger partial charge on any atom is 0.0720 e. The Hall–Kier alpha value is -0.170. The van der Waals surface area contributed by atoms with Gasteiger partial charge in [0, 0.05) is 13.1 Å². The van der Waals surface area contributed by atoms with Gasteiger partial charge >= 0.3 is 0 Å². The molecule has 0 saturated carbocycles. The molecule has 1 rings (SSSR count). The second-order valence-electron chi connectivity index (χ2n) is 2.55. The zero-order chi connectivity index (χ0) is 5.98. The Bertz CT molecular complexity index is 52.8. The Morgan fingerprint density at radius 2 is 1.88 bits per heavy atom. The molecule has 0 amide bonds. The Morgan fingerprint density at radius 1 is 1.38 bits per heavy atom. The number of hydrogen-bond acceptors (Lipinski definition) is 1. The van der Waals surface area contributed by atoms with Crippen molar-refractivity contribution in [2.24, 2.45) is 0 Å². The van der Waals surface area contributed by atoms with E-state index in [1.165, 1.54) is 31.8 Å². The highest BCUT2D eigenvalue weighted by Crippen LogP contribution is 2.15. The van der Waals surface area contributed by atoms with Crippen molar-refractivity contribution in [3.63, 3.8) is 0 Å². The molecule has 0 aromatic heterocycles. The topological polar surface area (TPSA) is 3.24 Å². The van der Waals surface area contributed by atoms with Crippen molar-refractivity contribution >= 4 is 0 Å². The van der Waals surface area contributed by atoms with Gasteiger partial charge in [0.1, 0.15) is 0 Å². The zero-order valence-corrected chi connectivity index (χ0v) is 5.48. The van der Waals surface area contributed by atoms with E-state index in [0.717, 1.165) is 0 Å². The Balaban J connectivity index is 2.19. The largest absolute Gasteiger partial charge is 0.298 e. The number of rotatable bonds is 0. The normalized spacial score (nSPS) is 24.0. The number of hydrogen-bond donors (Lipinski definition) is 0. The molecule has 0 atom stereocenters. The van der Waals surface area contributed by atoms with E-state index in [0.29, 0.717) is 0 Å². The van der Waals surface area contributed by atoms with Crippen molar-refractivity contribution in [3.8, 4) is 0 Å². The number of piperidine rings is 1. The summed E-state index contributed by atoms with van der Waals surface area (Å²) in [6.07, 6.45) is 2.41. The lowest BCUT2D eigenvalue weighted by atomic mass is 10.00. The van der Waals surface area contributed by atoms with Gasteiger partial charge in [0.2, 0.25) is 0 Å². The lowest BCUT2D eigenvalue weighted by Crippen LogP contribution is -2.28. The monoisotopic (exact) mass is 111 g/mol. The fourth-order valence-electron chi connectivity index (χ4n) is 0.935. The fraction of sp³-hybridized carbons (Fsp3) is 0.714. The predicted molar refractivity (Wildman–Crippen MR) is 35.3 cm³/mol. The van der Waals surface area contributed by atoms with E-state index < -0.39 is 0 Å². The van der Waals surface area contributed by atoms with Crippen LogP contribution in [0.2, 0.25) is 0 Å². The minimum Gasteiger partial charge on any atom is -0.298 e. The van der Waals surface area contributed by atoms with Crippen LogP contribution >= 0.6 is 0 Å². The Morgan fingerprint density at radius 3 is 2.25 bits per heavy atom. The average Bonchev–Trinajstić information content (AvgIpc) is 1.77. The van der Waals surface area contributed by atoms with E-state index in [4.69, 9.17) is 0 Å². The first-order valence-corrected chi connectivity index (χ1v) is 3.14. The Kier molecular flexibility index (Phi) is 1.79. The number of nitrogens with zero attached hydrogens (tertiary/aromatic N) is 1. The van der Waals surface area contributed by atoms with Gasteiger partial charge in [-0.15, -0.1) is 6.92 Å². The zero-order valence-electron chi connectivity index (χ0n) is 5.48. The molecule has 1 fully saturated rings. The molecule has 0 aliphatic carbocycles. The van der Waals surface area contributed by atoms with E-state index in [9.17, 15) is 0 Å². The second kappa shape index (κ2) is 2.40. The van der Waals surface area contributed by atoms with Crippen molar-refractivity contribution in [1.29, 1.82) is 0 Å². The molecule has 8 heavy (non-hydrogen) atoms. The molecule has 0 bridgehead atoms. The third-order valence-electron chi connectivity index (χ3n) is 1.69. The summed E-state index contributed by atoms with van der Waals surface area (Å²) >= 11 is 0. The minimum atomic E-state index is 1.20. The van der Waals surface area contributed by atoms with Crippen LogP contribution in [-0.2, 0) is 0 Å². The van der Waals surface area contributed by atoms with Gasteiger partial charge in [0.15, 0.2) is 0 Å². The van der Waals surface area contributed by atoms with Gasteiger partial charge in [-0.25, -0.2) is 0 Å². The summed E-state index contributed by atoms with van der Waals surface area (Å²) in [5, 5.41) is 0. The molecule has 46 valence electrons. The summed E-state index contributed by atoms with van der Waals surface area (Å²) in [6, 6.07) is 0. The highest BCUT2D eigenvalue weighted by Gasteiger charge is 2.14. The van der Waals surface area contributed by atoms with Gasteiger partial charge in [0.25, 0.3) is 0 Å². The summed E-state index contributed by atoms with van der Waals surface area (Å²) in [4.78, 5) is 2.34. The van der Waals surface area contributed by atoms with Gasteiger partial charge in [-0.2, -0.15) is 0 Å². The molecule has 1 nitrogen and oxygen atoms in total. The fourth-order valence-corrected chi connectivity index (χ4v) is 0.935. The summed E-state index contributed by atoms with van der Waals surface area (Å²) in [6.45, 7) is 6.34. The van der Waals surface area contributed by atoms with E-state index in [1.54, 1.807) is 0 Å². The van der Waals surface area contributed by atoms with E-state index in [1.807, 2.05) is 0 Å². The Labute approximate surface area is 51.7 Å². The standard InChI is InChI=1S/C7H13N/c1-7-3-5-8(2)6-4-7/h1,3-6H2,2H3. The number of likely N-dealkylation sites (tertiary alicyclic amines) is 1. The van der Waals surface area contributed by atoms with Crippen LogP contribution in [0.4, 0.5) is 0 Å². The predicted octanol–water partition coefficient (Wildman–Crippen LogP) is 1.12. The SMILES string of the molecule is [CH2-][C+]1CCN(C)CC1. The molecule has 1 saturated heterocycles. The molecule has 0 aromatic rings. The van der Waals surface area contributed by atoms with Crippen LogP contribution < -0.4 is 0 Å². The average molecular weight is 111 g/mol. The molecule has 0 unspecified atom stereocenters. The smallest absolute Gasteiger partial charge is 0.0720 e. The first kappa shape index (κ1) is 5.96. The van der Waals surface area contributed by atoms with Crippen LogP contribution in [0, 0.1) is 12.8 Å². The summed E-state index contributed by atoms with van der Waals surface area (Å²) in [7, 11) is 2.16. The molecule has 0 radical (unpaired) electrons. The second-order valence-corrected chi connectivity index (χ2v) is 2.55. The summed E-state index contributed by atoms with van der Waals surface area (Å²) < 4.78 is 0. The first-order chi connectivity index (χ1) is 3.79. The van der Waals surface area contributed by atoms with Crippen molar-refractivity contribution in [3.05, 3.63) is 12.8 Å². The van der Waals surface area contributed by atoms with Crippen LogP contribution in [0.25, 0.3) is 0 Å². The molecule has 1 heterocycles. The molecule has 0 spiro atoms. The summed E-state index contributed by atoms with van der Waals surface area (Å²) in [5.41, 5.74) is 0. The van der Waals surface area contributed by atoms with Crippen molar-refractivity contribution < 1.29 is 0 Å². The third-order valence-corrected chi connectivity index (χ3v) is 1.69. The van der Waals surface area contributed by atoms with Crippen molar-refractivity contribution in [2.75, 3.05) is 20.1 Å². The van der Waals surface area contributed by atoms with E-state index >= 15 is 0 Å².